The smallest absolute Gasteiger partial charge is 0.195 e. The Morgan fingerprint density at radius 3 is 2.62 bits per heavy atom. The molecule has 8 heteroatoms. The number of nitrogens with one attached hydrogen (secondary N) is 2. The van der Waals surface area contributed by atoms with Gasteiger partial charge in [-0.15, -0.1) is 0 Å². The number of aromatic amines is 1. The lowest BCUT2D eigenvalue weighted by molar-refractivity contribution is 0.0905. The molecule has 6 nitrogen and oxygen atoms in total. The first kappa shape index (κ1) is 20.8. The molecule has 2 aliphatic rings. The van der Waals surface area contributed by atoms with Gasteiger partial charge in [-0.3, -0.25) is 0 Å². The van der Waals surface area contributed by atoms with Crippen LogP contribution in [0.1, 0.15) is 18.4 Å². The summed E-state index contributed by atoms with van der Waals surface area (Å²) in [6, 6.07) is 13.0. The first-order valence-corrected chi connectivity index (χ1v) is 12.2. The minimum Gasteiger partial charge on any atom is -0.381 e. The number of ether oxygens (including phenoxy) is 1. The lowest BCUT2D eigenvalue weighted by atomic mass is 10.1. The molecule has 1 fully saturated rings. The number of benzene rings is 2. The molecule has 166 valence electrons. The molecule has 0 aliphatic carbocycles. The van der Waals surface area contributed by atoms with Gasteiger partial charge in [0.2, 0.25) is 0 Å². The highest BCUT2D eigenvalue weighted by atomic mass is 32.2. The first-order valence-electron chi connectivity index (χ1n) is 10.6. The summed E-state index contributed by atoms with van der Waals surface area (Å²) in [5.74, 6) is -0.277. The predicted octanol–water partition coefficient (Wildman–Crippen LogP) is 4.74. The summed E-state index contributed by atoms with van der Waals surface area (Å²) < 4.78 is 42.5. The normalized spacial score (nSPS) is 18.3. The number of hydrogen-bond acceptors (Lipinski definition) is 5. The maximum atomic E-state index is 13.8. The van der Waals surface area contributed by atoms with Gasteiger partial charge >= 0.3 is 0 Å². The Balaban J connectivity index is 1.52. The molecule has 5 rings (SSSR count). The van der Waals surface area contributed by atoms with Gasteiger partial charge in [-0.1, -0.05) is 12.1 Å². The van der Waals surface area contributed by atoms with Crippen molar-refractivity contribution in [1.29, 1.82) is 0 Å². The Hall–Kier alpha value is -3.10. The molecule has 2 aromatic carbocycles. The summed E-state index contributed by atoms with van der Waals surface area (Å²) in [7, 11) is -3.26. The van der Waals surface area contributed by atoms with Gasteiger partial charge in [0.1, 0.15) is 5.82 Å². The van der Waals surface area contributed by atoms with Crippen LogP contribution in [0.15, 0.2) is 65.7 Å². The summed E-state index contributed by atoms with van der Waals surface area (Å²) in [6.45, 7) is 2.00. The monoisotopic (exact) mass is 453 g/mol. The standard InChI is InChI=1S/C24H24FN3O3S/c25-20-3-1-2-18(14-20)22-15-19-12-17(16-28-6-10-32(29,30)11-7-28)13-23(24(19)27-22)26-21-4-8-31-9-5-21/h1-3,6-7,10-15,21,26-27H,4-5,8-9,16H2. The molecule has 0 radical (unpaired) electrons. The van der Waals surface area contributed by atoms with Crippen molar-refractivity contribution >= 4 is 26.4 Å². The number of fused-ring (bicyclic) bond motifs is 1. The molecule has 0 unspecified atom stereocenters. The summed E-state index contributed by atoms with van der Waals surface area (Å²) in [5, 5.41) is 7.06. The maximum absolute atomic E-state index is 13.8. The fraction of sp³-hybridized carbons (Fsp3) is 0.250. The number of H-pyrrole nitrogens is 1. The molecule has 3 heterocycles. The van der Waals surface area contributed by atoms with E-state index in [1.165, 1.54) is 22.9 Å². The minimum absolute atomic E-state index is 0.277. The average molecular weight is 454 g/mol. The van der Waals surface area contributed by atoms with Crippen molar-refractivity contribution in [3.8, 4) is 11.3 Å². The van der Waals surface area contributed by atoms with Crippen molar-refractivity contribution in [1.82, 2.24) is 9.88 Å². The lowest BCUT2D eigenvalue weighted by Crippen LogP contribution is -2.28. The average Bonchev–Trinajstić information content (AvgIpc) is 3.21. The second-order valence-electron chi connectivity index (χ2n) is 8.16. The Bertz CT molecular complexity index is 1290. The largest absolute Gasteiger partial charge is 0.381 e. The third-order valence-corrected chi connectivity index (χ3v) is 6.76. The van der Waals surface area contributed by atoms with Crippen LogP contribution in [-0.4, -0.2) is 37.6 Å². The second-order valence-corrected chi connectivity index (χ2v) is 9.89. The predicted molar refractivity (Wildman–Crippen MR) is 124 cm³/mol. The zero-order valence-electron chi connectivity index (χ0n) is 17.4. The van der Waals surface area contributed by atoms with Gasteiger partial charge in [0, 0.05) is 54.8 Å². The number of nitrogens with zero attached hydrogens (tertiary/aromatic N) is 1. The SMILES string of the molecule is O=S1(=O)C=CN(Cc2cc(NC3CCOCC3)c3[nH]c(-c4cccc(F)c4)cc3c2)C=C1. The summed E-state index contributed by atoms with van der Waals surface area (Å²) in [6.07, 6.45) is 5.00. The van der Waals surface area contributed by atoms with Crippen molar-refractivity contribution in [2.75, 3.05) is 18.5 Å². The van der Waals surface area contributed by atoms with Crippen LogP contribution in [0.5, 0.6) is 0 Å². The molecule has 3 aromatic rings. The lowest BCUT2D eigenvalue weighted by Gasteiger charge is -2.25. The molecular weight excluding hydrogens is 429 g/mol. The van der Waals surface area contributed by atoms with Crippen LogP contribution in [0.4, 0.5) is 10.1 Å². The van der Waals surface area contributed by atoms with Crippen LogP contribution in [0.2, 0.25) is 0 Å². The molecule has 0 amide bonds. The highest BCUT2D eigenvalue weighted by Gasteiger charge is 2.17. The van der Waals surface area contributed by atoms with Crippen LogP contribution in [-0.2, 0) is 21.1 Å². The van der Waals surface area contributed by atoms with Gasteiger partial charge in [0.25, 0.3) is 0 Å². The number of halogens is 1. The third-order valence-electron chi connectivity index (χ3n) is 5.75. The summed E-state index contributed by atoms with van der Waals surface area (Å²) in [5.41, 5.74) is 4.60. The van der Waals surface area contributed by atoms with E-state index in [0.717, 1.165) is 59.5 Å². The topological polar surface area (TPSA) is 74.4 Å². The fourth-order valence-corrected chi connectivity index (χ4v) is 4.86. The Labute approximate surface area is 186 Å². The van der Waals surface area contributed by atoms with E-state index in [4.69, 9.17) is 4.74 Å². The van der Waals surface area contributed by atoms with Crippen LogP contribution >= 0.6 is 0 Å². The molecule has 1 aromatic heterocycles. The molecule has 1 saturated heterocycles. The van der Waals surface area contributed by atoms with Crippen LogP contribution in [0.25, 0.3) is 22.2 Å². The van der Waals surface area contributed by atoms with E-state index in [-0.39, 0.29) is 5.82 Å². The fourth-order valence-electron chi connectivity index (χ4n) is 4.12. The molecule has 0 atom stereocenters. The van der Waals surface area contributed by atoms with Crippen molar-refractivity contribution in [3.05, 3.63) is 77.1 Å². The van der Waals surface area contributed by atoms with Gasteiger partial charge in [-0.05, 0) is 48.7 Å². The van der Waals surface area contributed by atoms with Crippen LogP contribution < -0.4 is 5.32 Å². The molecule has 0 bridgehead atoms. The Morgan fingerprint density at radius 2 is 1.88 bits per heavy atom. The van der Waals surface area contributed by atoms with Gasteiger partial charge < -0.3 is 19.9 Å². The van der Waals surface area contributed by atoms with Crippen molar-refractivity contribution in [3.63, 3.8) is 0 Å². The van der Waals surface area contributed by atoms with Crippen molar-refractivity contribution in [2.24, 2.45) is 0 Å². The van der Waals surface area contributed by atoms with Crippen LogP contribution in [0, 0.1) is 5.82 Å². The number of anilines is 1. The molecule has 0 saturated carbocycles. The van der Waals surface area contributed by atoms with Gasteiger partial charge in [-0.25, -0.2) is 12.8 Å². The minimum atomic E-state index is -3.26. The number of rotatable bonds is 5. The molecule has 0 spiro atoms. The highest BCUT2D eigenvalue weighted by molar-refractivity contribution is 7.97. The highest BCUT2D eigenvalue weighted by Crippen LogP contribution is 2.32. The van der Waals surface area contributed by atoms with Gasteiger partial charge in [0.05, 0.1) is 22.0 Å². The Kier molecular flexibility index (Phi) is 5.48. The zero-order valence-corrected chi connectivity index (χ0v) is 18.2. The molecular formula is C24H24FN3O3S. The molecule has 2 aliphatic heterocycles. The van der Waals surface area contributed by atoms with Gasteiger partial charge in [0.15, 0.2) is 9.84 Å². The van der Waals surface area contributed by atoms with E-state index >= 15 is 0 Å². The summed E-state index contributed by atoms with van der Waals surface area (Å²) >= 11 is 0. The summed E-state index contributed by atoms with van der Waals surface area (Å²) in [4.78, 5) is 5.29. The van der Waals surface area contributed by atoms with E-state index < -0.39 is 9.84 Å². The van der Waals surface area contributed by atoms with Crippen molar-refractivity contribution in [2.45, 2.75) is 25.4 Å². The number of hydrogen-bond donors (Lipinski definition) is 2. The third kappa shape index (κ3) is 4.56. The maximum Gasteiger partial charge on any atom is 0.195 e. The van der Waals surface area contributed by atoms with Crippen molar-refractivity contribution < 1.29 is 17.5 Å². The van der Waals surface area contributed by atoms with E-state index in [1.807, 2.05) is 17.0 Å². The van der Waals surface area contributed by atoms with E-state index in [2.05, 4.69) is 22.4 Å². The Morgan fingerprint density at radius 1 is 1.09 bits per heavy atom. The first-order chi connectivity index (χ1) is 15.4. The van der Waals surface area contributed by atoms with Crippen LogP contribution in [0.3, 0.4) is 0 Å². The molecule has 32 heavy (non-hydrogen) atoms. The quantitative estimate of drug-likeness (QED) is 0.584. The van der Waals surface area contributed by atoms with E-state index in [0.29, 0.717) is 12.6 Å². The van der Waals surface area contributed by atoms with E-state index in [9.17, 15) is 12.8 Å². The number of sulfone groups is 1. The van der Waals surface area contributed by atoms with Gasteiger partial charge in [-0.2, -0.15) is 0 Å². The second kappa shape index (κ2) is 8.44. The van der Waals surface area contributed by atoms with E-state index in [1.54, 1.807) is 18.5 Å². The zero-order chi connectivity index (χ0) is 22.1. The molecule has 2 N–H and O–H groups in total. The number of aromatic nitrogens is 1.